The number of anilines is 1. The lowest BCUT2D eigenvalue weighted by Gasteiger charge is -2.19. The minimum absolute atomic E-state index is 0.0255. The van der Waals surface area contributed by atoms with Crippen molar-refractivity contribution in [2.45, 2.75) is 18.6 Å². The van der Waals surface area contributed by atoms with E-state index >= 15 is 0 Å². The highest BCUT2D eigenvalue weighted by Crippen LogP contribution is 2.36. The van der Waals surface area contributed by atoms with Gasteiger partial charge in [-0.25, -0.2) is 4.90 Å². The second kappa shape index (κ2) is 7.29. The standard InChI is InChI=1S/C21H16N6O6/c1-30-13-5-3-12(4-6-13)27-20(28)17-18(21(27)29)26(25-23-17)9-16-22-19(24-33-16)11-2-7-14-15(8-11)32-10-31-14/h2-8,17-18H,9-10H2,1H3/t17-,18-/m0/s1. The molecule has 0 N–H and O–H groups in total. The fourth-order valence-electron chi connectivity index (χ4n) is 3.95. The summed E-state index contributed by atoms with van der Waals surface area (Å²) in [6.07, 6.45) is 0. The van der Waals surface area contributed by atoms with Crippen LogP contribution in [0.1, 0.15) is 5.89 Å². The fourth-order valence-corrected chi connectivity index (χ4v) is 3.95. The van der Waals surface area contributed by atoms with Crippen LogP contribution in [0.2, 0.25) is 0 Å². The first-order chi connectivity index (χ1) is 16.1. The van der Waals surface area contributed by atoms with Crippen molar-refractivity contribution < 1.29 is 28.3 Å². The summed E-state index contributed by atoms with van der Waals surface area (Å²) in [7, 11) is 1.54. The number of hydrogen-bond donors (Lipinski definition) is 0. The molecular formula is C21H16N6O6. The summed E-state index contributed by atoms with van der Waals surface area (Å²) in [5, 5.41) is 13.4. The van der Waals surface area contributed by atoms with Gasteiger partial charge >= 0.3 is 0 Å². The second-order valence-electron chi connectivity index (χ2n) is 7.48. The molecule has 4 heterocycles. The van der Waals surface area contributed by atoms with Crippen LogP contribution in [-0.2, 0) is 16.1 Å². The maximum absolute atomic E-state index is 13.1. The summed E-state index contributed by atoms with van der Waals surface area (Å²) >= 11 is 0. The minimum Gasteiger partial charge on any atom is -0.497 e. The summed E-state index contributed by atoms with van der Waals surface area (Å²) in [5.41, 5.74) is 1.13. The third kappa shape index (κ3) is 3.06. The molecule has 1 saturated heterocycles. The average Bonchev–Trinajstić information content (AvgIpc) is 3.61. The Kier molecular flexibility index (Phi) is 4.25. The summed E-state index contributed by atoms with van der Waals surface area (Å²) < 4.78 is 21.2. The second-order valence-corrected chi connectivity index (χ2v) is 7.48. The van der Waals surface area contributed by atoms with Crippen molar-refractivity contribution in [3.05, 3.63) is 48.4 Å². The largest absolute Gasteiger partial charge is 0.497 e. The molecule has 2 atom stereocenters. The number of imide groups is 1. The Labute approximate surface area is 186 Å². The molecule has 0 unspecified atom stereocenters. The van der Waals surface area contributed by atoms with Gasteiger partial charge in [0.25, 0.3) is 11.8 Å². The molecule has 0 radical (unpaired) electrons. The summed E-state index contributed by atoms with van der Waals surface area (Å²) in [6.45, 7) is 0.191. The zero-order valence-corrected chi connectivity index (χ0v) is 17.2. The van der Waals surface area contributed by atoms with Crippen molar-refractivity contribution in [3.8, 4) is 28.6 Å². The lowest BCUT2D eigenvalue weighted by atomic mass is 10.1. The highest BCUT2D eigenvalue weighted by atomic mass is 16.7. The lowest BCUT2D eigenvalue weighted by molar-refractivity contribution is -0.123. The van der Waals surface area contributed by atoms with Crippen LogP contribution < -0.4 is 19.1 Å². The molecule has 0 bridgehead atoms. The van der Waals surface area contributed by atoms with E-state index in [0.29, 0.717) is 34.3 Å². The van der Waals surface area contributed by atoms with Crippen LogP contribution in [-0.4, -0.2) is 53.0 Å². The van der Waals surface area contributed by atoms with Crippen LogP contribution in [0.15, 0.2) is 57.3 Å². The van der Waals surface area contributed by atoms with Crippen LogP contribution in [0.5, 0.6) is 17.2 Å². The fraction of sp³-hybridized carbons (Fsp3) is 0.238. The van der Waals surface area contributed by atoms with E-state index in [1.54, 1.807) is 49.6 Å². The highest BCUT2D eigenvalue weighted by molar-refractivity contribution is 6.25. The van der Waals surface area contributed by atoms with Crippen LogP contribution in [0.4, 0.5) is 5.69 Å². The Bertz CT molecular complexity index is 1290. The van der Waals surface area contributed by atoms with E-state index in [4.69, 9.17) is 18.7 Å². The van der Waals surface area contributed by atoms with Crippen LogP contribution >= 0.6 is 0 Å². The molecule has 12 heteroatoms. The van der Waals surface area contributed by atoms with Crippen molar-refractivity contribution in [1.82, 2.24) is 15.1 Å². The summed E-state index contributed by atoms with van der Waals surface area (Å²) in [5.74, 6) is 1.59. The molecule has 2 amide bonds. The van der Waals surface area contributed by atoms with Crippen molar-refractivity contribution in [2.24, 2.45) is 10.3 Å². The molecule has 12 nitrogen and oxygen atoms in total. The van der Waals surface area contributed by atoms with Gasteiger partial charge in [0.05, 0.1) is 12.8 Å². The van der Waals surface area contributed by atoms with E-state index < -0.39 is 23.9 Å². The monoisotopic (exact) mass is 448 g/mol. The number of carbonyl (C=O) groups is 2. The molecule has 2 aromatic carbocycles. The van der Waals surface area contributed by atoms with E-state index in [2.05, 4.69) is 20.5 Å². The number of amides is 2. The first kappa shape index (κ1) is 19.2. The molecule has 1 aromatic heterocycles. The topological polar surface area (TPSA) is 132 Å². The predicted octanol–water partition coefficient (Wildman–Crippen LogP) is 1.97. The molecule has 3 aromatic rings. The smallest absolute Gasteiger partial charge is 0.263 e. The number of carbonyl (C=O) groups excluding carboxylic acids is 2. The van der Waals surface area contributed by atoms with Gasteiger partial charge in [0.2, 0.25) is 18.5 Å². The first-order valence-corrected chi connectivity index (χ1v) is 10.0. The number of fused-ring (bicyclic) bond motifs is 2. The molecule has 166 valence electrons. The van der Waals surface area contributed by atoms with Crippen LogP contribution in [0, 0.1) is 0 Å². The van der Waals surface area contributed by atoms with Gasteiger partial charge in [0.15, 0.2) is 23.6 Å². The van der Waals surface area contributed by atoms with Gasteiger partial charge in [-0.1, -0.05) is 10.4 Å². The van der Waals surface area contributed by atoms with E-state index in [1.807, 2.05) is 0 Å². The normalized spacial score (nSPS) is 20.6. The molecule has 0 saturated carbocycles. The highest BCUT2D eigenvalue weighted by Gasteiger charge is 2.55. The molecule has 3 aliphatic rings. The van der Waals surface area contributed by atoms with Gasteiger partial charge < -0.3 is 18.7 Å². The average molecular weight is 448 g/mol. The Morgan fingerprint density at radius 3 is 2.70 bits per heavy atom. The van der Waals surface area contributed by atoms with Crippen LogP contribution in [0.3, 0.4) is 0 Å². The SMILES string of the molecule is COc1ccc(N2C(=O)[C@H]3N=NN(Cc4nc(-c5ccc6c(c5)OCO6)no4)[C@@H]3C2=O)cc1. The molecule has 3 aliphatic heterocycles. The number of ether oxygens (including phenoxy) is 3. The number of methoxy groups -OCH3 is 1. The predicted molar refractivity (Wildman–Crippen MR) is 109 cm³/mol. The maximum Gasteiger partial charge on any atom is 0.263 e. The zero-order chi connectivity index (χ0) is 22.5. The molecule has 0 aliphatic carbocycles. The van der Waals surface area contributed by atoms with Crippen molar-refractivity contribution in [3.63, 3.8) is 0 Å². The Morgan fingerprint density at radius 1 is 1.06 bits per heavy atom. The van der Waals surface area contributed by atoms with E-state index in [9.17, 15) is 9.59 Å². The number of benzene rings is 2. The van der Waals surface area contributed by atoms with Gasteiger partial charge in [0, 0.05) is 5.56 Å². The molecule has 6 rings (SSSR count). The maximum atomic E-state index is 13.1. The molecule has 33 heavy (non-hydrogen) atoms. The van der Waals surface area contributed by atoms with Crippen LogP contribution in [0.25, 0.3) is 11.4 Å². The van der Waals surface area contributed by atoms with E-state index in [1.165, 1.54) is 5.01 Å². The number of nitrogens with zero attached hydrogens (tertiary/aromatic N) is 6. The van der Waals surface area contributed by atoms with E-state index in [0.717, 1.165) is 4.90 Å². The first-order valence-electron chi connectivity index (χ1n) is 10.0. The Balaban J connectivity index is 1.21. The van der Waals surface area contributed by atoms with Gasteiger partial charge in [-0.15, -0.1) is 0 Å². The number of hydrogen-bond acceptors (Lipinski definition) is 11. The summed E-state index contributed by atoms with van der Waals surface area (Å²) in [4.78, 5) is 31.5. The Hall–Kier alpha value is -4.48. The van der Waals surface area contributed by atoms with Crippen molar-refractivity contribution in [2.75, 3.05) is 18.8 Å². The number of aromatic nitrogens is 2. The third-order valence-electron chi connectivity index (χ3n) is 5.58. The minimum atomic E-state index is -0.921. The van der Waals surface area contributed by atoms with Gasteiger partial charge in [-0.05, 0) is 42.5 Å². The van der Waals surface area contributed by atoms with Gasteiger partial charge in [-0.3, -0.25) is 14.6 Å². The van der Waals surface area contributed by atoms with Gasteiger partial charge in [-0.2, -0.15) is 10.1 Å². The third-order valence-corrected chi connectivity index (χ3v) is 5.58. The molecular weight excluding hydrogens is 432 g/mol. The lowest BCUT2D eigenvalue weighted by Crippen LogP contribution is -2.39. The summed E-state index contributed by atoms with van der Waals surface area (Å²) in [6, 6.07) is 10.2. The van der Waals surface area contributed by atoms with E-state index in [-0.39, 0.29) is 19.2 Å². The molecule has 1 fully saturated rings. The number of rotatable bonds is 5. The molecule has 0 spiro atoms. The quantitative estimate of drug-likeness (QED) is 0.537. The van der Waals surface area contributed by atoms with Crippen molar-refractivity contribution >= 4 is 17.5 Å². The zero-order valence-electron chi connectivity index (χ0n) is 17.2. The Morgan fingerprint density at radius 2 is 1.88 bits per heavy atom. The van der Waals surface area contributed by atoms with Gasteiger partial charge in [0.1, 0.15) is 12.3 Å². The van der Waals surface area contributed by atoms with Crippen molar-refractivity contribution in [1.29, 1.82) is 0 Å².